The van der Waals surface area contributed by atoms with E-state index in [2.05, 4.69) is 19.9 Å². The highest BCUT2D eigenvalue weighted by Gasteiger charge is 2.45. The molecule has 37 heavy (non-hydrogen) atoms. The lowest BCUT2D eigenvalue weighted by molar-refractivity contribution is -0.0485. The summed E-state index contributed by atoms with van der Waals surface area (Å²) in [6.45, 7) is 0. The summed E-state index contributed by atoms with van der Waals surface area (Å²) in [6.07, 6.45) is 15.2. The van der Waals surface area contributed by atoms with Gasteiger partial charge in [0.1, 0.15) is 5.69 Å². The Kier molecular flexibility index (Phi) is 5.68. The number of nitrogens with zero attached hydrogens (tertiary/aromatic N) is 3. The van der Waals surface area contributed by atoms with E-state index in [-0.39, 0.29) is 22.9 Å². The minimum atomic E-state index is -0.595. The summed E-state index contributed by atoms with van der Waals surface area (Å²) in [5.74, 6) is 1.81. The monoisotopic (exact) mass is 501 g/mol. The smallest absolute Gasteiger partial charge is 0.313 e. The molecule has 2 aromatic heterocycles. The number of piperidine rings is 2. The van der Waals surface area contributed by atoms with Gasteiger partial charge in [0.05, 0.1) is 16.6 Å². The van der Waals surface area contributed by atoms with Crippen molar-refractivity contribution in [2.24, 2.45) is 11.8 Å². The third kappa shape index (κ3) is 4.00. The molecule has 2 unspecified atom stereocenters. The Morgan fingerprint density at radius 3 is 2.22 bits per heavy atom. The van der Waals surface area contributed by atoms with Gasteiger partial charge in [-0.05, 0) is 68.9 Å². The van der Waals surface area contributed by atoms with E-state index in [9.17, 15) is 14.4 Å². The van der Waals surface area contributed by atoms with Gasteiger partial charge in [-0.2, -0.15) is 0 Å². The van der Waals surface area contributed by atoms with Gasteiger partial charge < -0.3 is 9.55 Å². The van der Waals surface area contributed by atoms with Crippen molar-refractivity contribution in [2.75, 3.05) is 0 Å². The summed E-state index contributed by atoms with van der Waals surface area (Å²) in [7, 11) is 0. The first-order chi connectivity index (χ1) is 18.0. The number of rotatable bonds is 3. The molecule has 0 amide bonds. The normalized spacial score (nSPS) is 31.9. The van der Waals surface area contributed by atoms with E-state index in [1.54, 1.807) is 0 Å². The first kappa shape index (κ1) is 23.1. The number of H-pyrrole nitrogens is 2. The van der Waals surface area contributed by atoms with Crippen LogP contribution in [0, 0.1) is 11.8 Å². The predicted molar refractivity (Wildman–Crippen MR) is 143 cm³/mol. The number of nitrogens with one attached hydrogen (secondary N) is 2. The lowest BCUT2D eigenvalue weighted by Crippen LogP contribution is -2.58. The van der Waals surface area contributed by atoms with Gasteiger partial charge in [-0.1, -0.05) is 37.8 Å². The first-order valence-electron chi connectivity index (χ1n) is 14.2. The highest BCUT2D eigenvalue weighted by molar-refractivity contribution is 5.77. The van der Waals surface area contributed by atoms with Crippen molar-refractivity contribution >= 4 is 11.0 Å². The average molecular weight is 502 g/mol. The van der Waals surface area contributed by atoms with Crippen molar-refractivity contribution < 1.29 is 0 Å². The highest BCUT2D eigenvalue weighted by atomic mass is 16.2. The average Bonchev–Trinajstić information content (AvgIpc) is 2.88. The van der Waals surface area contributed by atoms with E-state index < -0.39 is 11.2 Å². The van der Waals surface area contributed by atoms with Crippen LogP contribution in [0.5, 0.6) is 0 Å². The number of hydrogen-bond donors (Lipinski definition) is 2. The third-order valence-corrected chi connectivity index (χ3v) is 9.76. The zero-order valence-electron chi connectivity index (χ0n) is 21.2. The molecule has 2 saturated heterocycles. The van der Waals surface area contributed by atoms with Gasteiger partial charge in [-0.15, -0.1) is 0 Å². The minimum absolute atomic E-state index is 0.0654. The Balaban J connectivity index is 1.28. The number of aromatic nitrogens is 4. The van der Waals surface area contributed by atoms with Crippen molar-refractivity contribution in [3.8, 4) is 11.3 Å². The van der Waals surface area contributed by atoms with Gasteiger partial charge in [-0.25, -0.2) is 9.78 Å². The van der Waals surface area contributed by atoms with Gasteiger partial charge in [0.2, 0.25) is 0 Å². The standard InChI is InChI=1S/C29H35N5O3/c35-27-23(16-30-29(37)32-27)26-28(36)34(25-10-2-1-9-24(25)31-26)22-14-19-7-4-8-20(15-22)33(19)21-12-17-5-3-6-18(11-17)13-21/h1-2,9-10,16-22H,3-8,11-15H2,(H2,30,32,35,37)/t17-,18+,19-,20+,21?,22?. The highest BCUT2D eigenvalue weighted by Crippen LogP contribution is 2.47. The summed E-state index contributed by atoms with van der Waals surface area (Å²) < 4.78 is 1.92. The molecule has 8 nitrogen and oxygen atoms in total. The fourth-order valence-electron chi connectivity index (χ4n) is 8.41. The zero-order valence-corrected chi connectivity index (χ0v) is 21.2. The van der Waals surface area contributed by atoms with Crippen LogP contribution < -0.4 is 16.8 Å². The minimum Gasteiger partial charge on any atom is -0.313 e. The molecular formula is C29H35N5O3. The molecule has 4 aliphatic rings. The third-order valence-electron chi connectivity index (χ3n) is 9.76. The van der Waals surface area contributed by atoms with Crippen molar-refractivity contribution in [1.29, 1.82) is 0 Å². The summed E-state index contributed by atoms with van der Waals surface area (Å²) in [6, 6.07) is 9.48. The van der Waals surface area contributed by atoms with E-state index in [0.717, 1.165) is 30.2 Å². The van der Waals surface area contributed by atoms with Gasteiger partial charge in [-0.3, -0.25) is 19.5 Å². The molecular weight excluding hydrogens is 466 g/mol. The van der Waals surface area contributed by atoms with Crippen LogP contribution in [-0.2, 0) is 0 Å². The molecule has 1 aromatic carbocycles. The number of benzene rings is 1. The topological polar surface area (TPSA) is 104 Å². The Bertz CT molecular complexity index is 1480. The first-order valence-corrected chi connectivity index (χ1v) is 14.2. The molecule has 194 valence electrons. The molecule has 3 aromatic rings. The van der Waals surface area contributed by atoms with Gasteiger partial charge in [0, 0.05) is 30.4 Å². The molecule has 0 spiro atoms. The lowest BCUT2D eigenvalue weighted by atomic mass is 9.68. The van der Waals surface area contributed by atoms with Crippen LogP contribution in [0.15, 0.2) is 44.8 Å². The second-order valence-electron chi connectivity index (χ2n) is 11.9. The SMILES string of the molecule is O=c1[nH]cc(-c2nc3ccccc3n(C3C[C@H]4CCC[C@@H](C3)N4C3C[C@H]4CCC[C@@H](C3)C4)c2=O)c(=O)[nH]1. The molecule has 4 heterocycles. The summed E-state index contributed by atoms with van der Waals surface area (Å²) >= 11 is 0. The summed E-state index contributed by atoms with van der Waals surface area (Å²) in [5, 5.41) is 0. The van der Waals surface area contributed by atoms with Gasteiger partial charge in [0.25, 0.3) is 11.1 Å². The van der Waals surface area contributed by atoms with Crippen LogP contribution in [0.2, 0.25) is 0 Å². The fraction of sp³-hybridized carbons (Fsp3) is 0.586. The number of fused-ring (bicyclic) bond motifs is 5. The van der Waals surface area contributed by atoms with Crippen molar-refractivity contribution in [3.63, 3.8) is 0 Å². The maximum absolute atomic E-state index is 14.0. The molecule has 2 aliphatic carbocycles. The van der Waals surface area contributed by atoms with Crippen molar-refractivity contribution in [1.82, 2.24) is 24.4 Å². The number of aromatic amines is 2. The molecule has 6 atom stereocenters. The molecule has 8 heteroatoms. The van der Waals surface area contributed by atoms with E-state index in [4.69, 9.17) is 0 Å². The molecule has 2 aliphatic heterocycles. The Labute approximate surface area is 215 Å². The van der Waals surface area contributed by atoms with Crippen molar-refractivity contribution in [3.05, 3.63) is 61.7 Å². The molecule has 2 N–H and O–H groups in total. The quantitative estimate of drug-likeness (QED) is 0.565. The van der Waals surface area contributed by atoms with Crippen LogP contribution in [0.1, 0.15) is 76.7 Å². The van der Waals surface area contributed by atoms with E-state index >= 15 is 0 Å². The maximum Gasteiger partial charge on any atom is 0.325 e. The molecule has 0 radical (unpaired) electrons. The molecule has 4 bridgehead atoms. The van der Waals surface area contributed by atoms with E-state index in [1.807, 2.05) is 28.8 Å². The second-order valence-corrected chi connectivity index (χ2v) is 11.9. The van der Waals surface area contributed by atoms with E-state index in [1.165, 1.54) is 64.0 Å². The van der Waals surface area contributed by atoms with Crippen molar-refractivity contribution in [2.45, 2.75) is 94.8 Å². The van der Waals surface area contributed by atoms with Crippen LogP contribution in [0.25, 0.3) is 22.3 Å². The van der Waals surface area contributed by atoms with Gasteiger partial charge >= 0.3 is 5.69 Å². The van der Waals surface area contributed by atoms with Crippen LogP contribution in [0.4, 0.5) is 0 Å². The number of hydrogen-bond acceptors (Lipinski definition) is 5. The summed E-state index contributed by atoms with van der Waals surface area (Å²) in [5.41, 5.74) is 0.280. The Morgan fingerprint density at radius 1 is 0.784 bits per heavy atom. The molecule has 7 rings (SSSR count). The predicted octanol–water partition coefficient (Wildman–Crippen LogP) is 3.97. The lowest BCUT2D eigenvalue weighted by Gasteiger charge is -2.55. The second kappa shape index (κ2) is 9.08. The largest absolute Gasteiger partial charge is 0.325 e. The Morgan fingerprint density at radius 2 is 1.49 bits per heavy atom. The van der Waals surface area contributed by atoms with E-state index in [0.29, 0.717) is 23.6 Å². The number of para-hydroxylation sites is 2. The van der Waals surface area contributed by atoms with Crippen LogP contribution >= 0.6 is 0 Å². The van der Waals surface area contributed by atoms with Gasteiger partial charge in [0.15, 0.2) is 0 Å². The van der Waals surface area contributed by atoms with Crippen LogP contribution in [-0.4, -0.2) is 42.5 Å². The zero-order chi connectivity index (χ0) is 25.1. The van der Waals surface area contributed by atoms with Crippen LogP contribution in [0.3, 0.4) is 0 Å². The summed E-state index contributed by atoms with van der Waals surface area (Å²) in [4.78, 5) is 50.4. The molecule has 2 saturated carbocycles. The Hall–Kier alpha value is -3.00. The molecule has 4 fully saturated rings. The fourth-order valence-corrected chi connectivity index (χ4v) is 8.41. The maximum atomic E-state index is 14.0.